The molecule has 0 atom stereocenters. The predicted molar refractivity (Wildman–Crippen MR) is 99.0 cm³/mol. The largest absolute Gasteiger partial charge is 0.478 e. The maximum Gasteiger partial charge on any atom is 0.335 e. The number of nitrogens with zero attached hydrogens (tertiary/aromatic N) is 1. The van der Waals surface area contributed by atoms with Gasteiger partial charge in [0.05, 0.1) is 12.0 Å². The predicted octanol–water partition coefficient (Wildman–Crippen LogP) is 2.61. The highest BCUT2D eigenvalue weighted by molar-refractivity contribution is 5.92. The molecule has 0 spiro atoms. The van der Waals surface area contributed by atoms with Crippen molar-refractivity contribution in [2.45, 2.75) is 57.9 Å². The second kappa shape index (κ2) is 8.83. The first-order valence-corrected chi connectivity index (χ1v) is 9.34. The van der Waals surface area contributed by atoms with E-state index in [9.17, 15) is 14.4 Å². The summed E-state index contributed by atoms with van der Waals surface area (Å²) in [4.78, 5) is 38.3. The van der Waals surface area contributed by atoms with E-state index in [1.165, 1.54) is 12.1 Å². The van der Waals surface area contributed by atoms with Gasteiger partial charge in [0.15, 0.2) is 0 Å². The monoisotopic (exact) mass is 360 g/mol. The van der Waals surface area contributed by atoms with Gasteiger partial charge >= 0.3 is 5.97 Å². The summed E-state index contributed by atoms with van der Waals surface area (Å²) in [5, 5.41) is 12.0. The molecule has 6 heteroatoms. The molecule has 0 radical (unpaired) electrons. The Kier molecular flexibility index (Phi) is 6.77. The van der Waals surface area contributed by atoms with Gasteiger partial charge in [-0.15, -0.1) is 0 Å². The number of carboxylic acids is 1. The van der Waals surface area contributed by atoms with E-state index in [2.05, 4.69) is 5.32 Å². The Balaban J connectivity index is 2.11. The van der Waals surface area contributed by atoms with Crippen LogP contribution in [0.1, 0.15) is 61.9 Å². The highest BCUT2D eigenvalue weighted by atomic mass is 16.4. The first-order chi connectivity index (χ1) is 12.4. The van der Waals surface area contributed by atoms with Crippen molar-refractivity contribution in [3.8, 4) is 0 Å². The van der Waals surface area contributed by atoms with Crippen LogP contribution in [0.5, 0.6) is 0 Å². The van der Waals surface area contributed by atoms with Gasteiger partial charge in [-0.05, 0) is 44.4 Å². The van der Waals surface area contributed by atoms with E-state index < -0.39 is 11.5 Å². The first-order valence-electron chi connectivity index (χ1n) is 9.34. The van der Waals surface area contributed by atoms with Crippen LogP contribution in [0.15, 0.2) is 24.3 Å². The number of amides is 2. The van der Waals surface area contributed by atoms with Crippen LogP contribution in [0.3, 0.4) is 0 Å². The Morgan fingerprint density at radius 3 is 2.12 bits per heavy atom. The molecule has 1 aliphatic carbocycles. The van der Waals surface area contributed by atoms with Crippen LogP contribution in [0.25, 0.3) is 0 Å². The summed E-state index contributed by atoms with van der Waals surface area (Å²) >= 11 is 0. The minimum atomic E-state index is -0.994. The molecule has 1 aromatic rings. The van der Waals surface area contributed by atoms with Crippen molar-refractivity contribution >= 4 is 17.8 Å². The van der Waals surface area contributed by atoms with E-state index in [1.54, 1.807) is 17.0 Å². The average Bonchev–Trinajstić information content (AvgIpc) is 2.63. The Bertz CT molecular complexity index is 644. The number of hydrogen-bond acceptors (Lipinski definition) is 3. The second-order valence-electron chi connectivity index (χ2n) is 6.85. The molecule has 1 aliphatic rings. The van der Waals surface area contributed by atoms with E-state index >= 15 is 0 Å². The molecule has 0 bridgehead atoms. The fraction of sp³-hybridized carbons (Fsp3) is 0.550. The maximum atomic E-state index is 13.0. The smallest absolute Gasteiger partial charge is 0.335 e. The van der Waals surface area contributed by atoms with E-state index in [1.807, 2.05) is 13.8 Å². The lowest BCUT2D eigenvalue weighted by Crippen LogP contribution is -2.60. The minimum absolute atomic E-state index is 0.0109. The highest BCUT2D eigenvalue weighted by Crippen LogP contribution is 2.30. The second-order valence-corrected chi connectivity index (χ2v) is 6.85. The quantitative estimate of drug-likeness (QED) is 0.782. The van der Waals surface area contributed by atoms with Crippen molar-refractivity contribution in [2.75, 3.05) is 13.1 Å². The summed E-state index contributed by atoms with van der Waals surface area (Å²) in [5.41, 5.74) is 0.117. The first kappa shape index (κ1) is 19.9. The zero-order valence-corrected chi connectivity index (χ0v) is 15.6. The Morgan fingerprint density at radius 2 is 1.62 bits per heavy atom. The topological polar surface area (TPSA) is 86.7 Å². The Morgan fingerprint density at radius 1 is 1.04 bits per heavy atom. The van der Waals surface area contributed by atoms with Crippen molar-refractivity contribution in [2.24, 2.45) is 0 Å². The van der Waals surface area contributed by atoms with Crippen LogP contribution in [-0.2, 0) is 16.0 Å². The third kappa shape index (κ3) is 4.62. The summed E-state index contributed by atoms with van der Waals surface area (Å²) in [7, 11) is 0. The lowest BCUT2D eigenvalue weighted by atomic mass is 9.80. The molecule has 26 heavy (non-hydrogen) atoms. The number of carbonyl (C=O) groups is 3. The van der Waals surface area contributed by atoms with Gasteiger partial charge in [0.2, 0.25) is 11.8 Å². The normalized spacial score (nSPS) is 15.9. The summed E-state index contributed by atoms with van der Waals surface area (Å²) in [5.74, 6) is -1.18. The molecule has 142 valence electrons. The van der Waals surface area contributed by atoms with Gasteiger partial charge in [-0.25, -0.2) is 4.79 Å². The molecule has 1 fully saturated rings. The highest BCUT2D eigenvalue weighted by Gasteiger charge is 2.42. The number of aromatic carboxylic acids is 1. The minimum Gasteiger partial charge on any atom is -0.478 e. The number of carboxylic acid groups (broad SMARTS) is 1. The molecule has 0 unspecified atom stereocenters. The fourth-order valence-electron chi connectivity index (χ4n) is 3.62. The van der Waals surface area contributed by atoms with Crippen molar-refractivity contribution in [3.63, 3.8) is 0 Å². The van der Waals surface area contributed by atoms with E-state index in [-0.39, 0.29) is 23.8 Å². The molecule has 6 nitrogen and oxygen atoms in total. The van der Waals surface area contributed by atoms with E-state index in [0.717, 1.165) is 24.8 Å². The van der Waals surface area contributed by atoms with Gasteiger partial charge in [-0.3, -0.25) is 9.59 Å². The lowest BCUT2D eigenvalue weighted by Gasteiger charge is -2.40. The zero-order chi connectivity index (χ0) is 19.2. The van der Waals surface area contributed by atoms with E-state index in [0.29, 0.717) is 25.9 Å². The Labute approximate surface area is 154 Å². The number of hydrogen-bond donors (Lipinski definition) is 2. The van der Waals surface area contributed by atoms with Crippen molar-refractivity contribution in [1.29, 1.82) is 0 Å². The fourth-order valence-corrected chi connectivity index (χ4v) is 3.62. The molecule has 2 N–H and O–H groups in total. The summed E-state index contributed by atoms with van der Waals surface area (Å²) in [6.07, 6.45) is 4.42. The van der Waals surface area contributed by atoms with Gasteiger partial charge in [-0.2, -0.15) is 0 Å². The third-order valence-corrected chi connectivity index (χ3v) is 5.11. The van der Waals surface area contributed by atoms with Crippen LogP contribution in [0.2, 0.25) is 0 Å². The van der Waals surface area contributed by atoms with Crippen LogP contribution >= 0.6 is 0 Å². The van der Waals surface area contributed by atoms with Crippen LogP contribution in [0, 0.1) is 0 Å². The van der Waals surface area contributed by atoms with Gasteiger partial charge in [0.1, 0.15) is 5.54 Å². The van der Waals surface area contributed by atoms with Crippen molar-refractivity contribution in [1.82, 2.24) is 10.2 Å². The molecule has 0 aliphatic heterocycles. The van der Waals surface area contributed by atoms with Crippen LogP contribution in [0.4, 0.5) is 0 Å². The third-order valence-electron chi connectivity index (χ3n) is 5.11. The average molecular weight is 360 g/mol. The molecule has 2 rings (SSSR count). The molecular weight excluding hydrogens is 332 g/mol. The Hall–Kier alpha value is -2.37. The lowest BCUT2D eigenvalue weighted by molar-refractivity contribution is -0.143. The number of benzene rings is 1. The van der Waals surface area contributed by atoms with Gasteiger partial charge in [0.25, 0.3) is 0 Å². The zero-order valence-electron chi connectivity index (χ0n) is 15.6. The number of likely N-dealkylation sites (N-methyl/N-ethyl adjacent to an activating group) is 1. The van der Waals surface area contributed by atoms with Crippen molar-refractivity contribution < 1.29 is 19.5 Å². The number of carbonyl (C=O) groups excluding carboxylic acids is 2. The van der Waals surface area contributed by atoms with Gasteiger partial charge in [0, 0.05) is 13.1 Å². The number of nitrogens with one attached hydrogen (secondary N) is 1. The molecule has 2 amide bonds. The molecule has 0 heterocycles. The molecule has 0 aromatic heterocycles. The van der Waals surface area contributed by atoms with E-state index in [4.69, 9.17) is 5.11 Å². The van der Waals surface area contributed by atoms with Gasteiger partial charge in [-0.1, -0.05) is 31.4 Å². The van der Waals surface area contributed by atoms with Crippen LogP contribution in [-0.4, -0.2) is 46.4 Å². The van der Waals surface area contributed by atoms with Crippen LogP contribution < -0.4 is 5.32 Å². The molecule has 0 saturated heterocycles. The maximum absolute atomic E-state index is 13.0. The standard InChI is InChI=1S/C20H28N2O4/c1-3-22(4-2)19(26)20(12-6-5-7-13-20)21-17(23)14-15-8-10-16(11-9-15)18(24)25/h8-11H,3-7,12-14H2,1-2H3,(H,21,23)(H,24,25). The molecule has 1 saturated carbocycles. The summed E-state index contributed by atoms with van der Waals surface area (Å²) in [6, 6.07) is 6.26. The summed E-state index contributed by atoms with van der Waals surface area (Å²) < 4.78 is 0. The van der Waals surface area contributed by atoms with Gasteiger partial charge < -0.3 is 15.3 Å². The molecule has 1 aromatic carbocycles. The summed E-state index contributed by atoms with van der Waals surface area (Å²) in [6.45, 7) is 5.15. The number of rotatable bonds is 7. The van der Waals surface area contributed by atoms with Crippen molar-refractivity contribution in [3.05, 3.63) is 35.4 Å². The molecular formula is C20H28N2O4. The SMILES string of the molecule is CCN(CC)C(=O)C1(NC(=O)Cc2ccc(C(=O)O)cc2)CCCCC1.